The van der Waals surface area contributed by atoms with E-state index in [1.165, 1.54) is 12.1 Å². The van der Waals surface area contributed by atoms with Gasteiger partial charge in [-0.05, 0) is 17.7 Å². The van der Waals surface area contributed by atoms with Gasteiger partial charge in [-0.25, -0.2) is 4.98 Å². The van der Waals surface area contributed by atoms with Gasteiger partial charge in [0.1, 0.15) is 5.75 Å². The smallest absolute Gasteiger partial charge is 0.387 e. The van der Waals surface area contributed by atoms with Crippen molar-refractivity contribution in [2.75, 3.05) is 44.7 Å². The van der Waals surface area contributed by atoms with Crippen molar-refractivity contribution in [3.8, 4) is 5.75 Å². The van der Waals surface area contributed by atoms with Gasteiger partial charge in [0, 0.05) is 51.3 Å². The first-order valence-electron chi connectivity index (χ1n) is 8.66. The van der Waals surface area contributed by atoms with Gasteiger partial charge in [0.15, 0.2) is 5.13 Å². The van der Waals surface area contributed by atoms with Crippen molar-refractivity contribution < 1.29 is 18.3 Å². The third kappa shape index (κ3) is 5.61. The summed E-state index contributed by atoms with van der Waals surface area (Å²) in [6.07, 6.45) is 1.80. The summed E-state index contributed by atoms with van der Waals surface area (Å²) in [4.78, 5) is 22.8. The summed E-state index contributed by atoms with van der Waals surface area (Å²) in [7, 11) is 1.75. The molecular weight excluding hydrogens is 374 g/mol. The van der Waals surface area contributed by atoms with Crippen molar-refractivity contribution in [3.05, 3.63) is 41.4 Å². The molecule has 2 heterocycles. The maximum Gasteiger partial charge on any atom is 0.387 e. The first kappa shape index (κ1) is 19.5. The number of alkyl halides is 2. The first-order chi connectivity index (χ1) is 13.0. The second kappa shape index (κ2) is 9.09. The van der Waals surface area contributed by atoms with Gasteiger partial charge in [-0.15, -0.1) is 11.3 Å². The molecule has 9 heteroatoms. The van der Waals surface area contributed by atoms with Gasteiger partial charge in [-0.1, -0.05) is 12.1 Å². The van der Waals surface area contributed by atoms with E-state index in [1.54, 1.807) is 41.6 Å². The maximum atomic E-state index is 12.5. The standard InChI is InChI=1S/C18H22F2N4O2S/c1-22(12-14-2-4-15(5-3-14)26-17(19)20)16(25)13-23-7-9-24(10-8-23)18-21-6-11-27-18/h2-6,11,17H,7-10,12-13H2,1H3. The third-order valence-electron chi connectivity index (χ3n) is 4.41. The van der Waals surface area contributed by atoms with Crippen LogP contribution in [0.5, 0.6) is 5.75 Å². The Labute approximate surface area is 161 Å². The molecule has 0 bridgehead atoms. The first-order valence-corrected chi connectivity index (χ1v) is 9.54. The number of likely N-dealkylation sites (N-methyl/N-ethyl adjacent to an activating group) is 1. The molecule has 0 atom stereocenters. The molecule has 1 aliphatic heterocycles. The highest BCUT2D eigenvalue weighted by atomic mass is 32.1. The molecular formula is C18H22F2N4O2S. The summed E-state index contributed by atoms with van der Waals surface area (Å²) in [5.74, 6) is 0.145. The van der Waals surface area contributed by atoms with Crippen LogP contribution in [-0.4, -0.2) is 67.1 Å². The number of thiazole rings is 1. The molecule has 1 aliphatic rings. The zero-order valence-corrected chi connectivity index (χ0v) is 15.9. The minimum absolute atomic E-state index is 0.0330. The van der Waals surface area contributed by atoms with Gasteiger partial charge in [-0.2, -0.15) is 8.78 Å². The number of piperazine rings is 1. The van der Waals surface area contributed by atoms with Crippen LogP contribution in [0.2, 0.25) is 0 Å². The van der Waals surface area contributed by atoms with Crippen molar-refractivity contribution in [2.24, 2.45) is 0 Å². The lowest BCUT2D eigenvalue weighted by atomic mass is 10.2. The van der Waals surface area contributed by atoms with E-state index in [-0.39, 0.29) is 11.7 Å². The Morgan fingerprint density at radius 2 is 1.96 bits per heavy atom. The number of hydrogen-bond acceptors (Lipinski definition) is 6. The molecule has 1 aromatic carbocycles. The second-order valence-corrected chi connectivity index (χ2v) is 7.22. The number of rotatable bonds is 7. The molecule has 146 valence electrons. The Hall–Kier alpha value is -2.26. The monoisotopic (exact) mass is 396 g/mol. The zero-order valence-electron chi connectivity index (χ0n) is 15.1. The zero-order chi connectivity index (χ0) is 19.2. The van der Waals surface area contributed by atoms with E-state index in [2.05, 4.69) is 19.5 Å². The van der Waals surface area contributed by atoms with E-state index in [9.17, 15) is 13.6 Å². The summed E-state index contributed by atoms with van der Waals surface area (Å²) < 4.78 is 28.7. The van der Waals surface area contributed by atoms with E-state index in [0.29, 0.717) is 13.1 Å². The molecule has 0 spiro atoms. The van der Waals surface area contributed by atoms with E-state index >= 15 is 0 Å². The SMILES string of the molecule is CN(Cc1ccc(OC(F)F)cc1)C(=O)CN1CCN(c2nccs2)CC1. The molecule has 1 aromatic heterocycles. The number of anilines is 1. The number of carbonyl (C=O) groups excluding carboxylic acids is 1. The van der Waals surface area contributed by atoms with Crippen LogP contribution in [-0.2, 0) is 11.3 Å². The molecule has 6 nitrogen and oxygen atoms in total. The maximum absolute atomic E-state index is 12.5. The van der Waals surface area contributed by atoms with E-state index in [0.717, 1.165) is 36.9 Å². The fourth-order valence-corrected chi connectivity index (χ4v) is 3.62. The lowest BCUT2D eigenvalue weighted by Crippen LogP contribution is -2.49. The largest absolute Gasteiger partial charge is 0.435 e. The van der Waals surface area contributed by atoms with Gasteiger partial charge in [0.2, 0.25) is 5.91 Å². The van der Waals surface area contributed by atoms with Crippen molar-refractivity contribution in [1.29, 1.82) is 0 Å². The molecule has 1 amide bonds. The summed E-state index contributed by atoms with van der Waals surface area (Å²) in [6, 6.07) is 6.35. The highest BCUT2D eigenvalue weighted by molar-refractivity contribution is 7.13. The molecule has 1 saturated heterocycles. The molecule has 0 unspecified atom stereocenters. The highest BCUT2D eigenvalue weighted by Gasteiger charge is 2.21. The highest BCUT2D eigenvalue weighted by Crippen LogP contribution is 2.19. The van der Waals surface area contributed by atoms with Crippen molar-refractivity contribution in [2.45, 2.75) is 13.2 Å². The number of halogens is 2. The van der Waals surface area contributed by atoms with Gasteiger partial charge in [-0.3, -0.25) is 9.69 Å². The Morgan fingerprint density at radius 3 is 2.56 bits per heavy atom. The van der Waals surface area contributed by atoms with Gasteiger partial charge in [0.05, 0.1) is 6.54 Å². The number of benzene rings is 1. The average molecular weight is 396 g/mol. The summed E-state index contributed by atoms with van der Waals surface area (Å²) in [5.41, 5.74) is 0.862. The van der Waals surface area contributed by atoms with Crippen LogP contribution < -0.4 is 9.64 Å². The average Bonchev–Trinajstić information content (AvgIpc) is 3.18. The Balaban J connectivity index is 1.44. The Kier molecular flexibility index (Phi) is 6.57. The molecule has 3 rings (SSSR count). The number of hydrogen-bond donors (Lipinski definition) is 0. The molecule has 2 aromatic rings. The lowest BCUT2D eigenvalue weighted by Gasteiger charge is -2.34. The minimum Gasteiger partial charge on any atom is -0.435 e. The number of carbonyl (C=O) groups is 1. The van der Waals surface area contributed by atoms with Gasteiger partial charge in [0.25, 0.3) is 0 Å². The fourth-order valence-electron chi connectivity index (χ4n) is 2.92. The summed E-state index contributed by atoms with van der Waals surface area (Å²) in [6.45, 7) is 1.31. The number of amides is 1. The van der Waals surface area contributed by atoms with Crippen molar-refractivity contribution in [1.82, 2.24) is 14.8 Å². The van der Waals surface area contributed by atoms with Crippen molar-refractivity contribution >= 4 is 22.4 Å². The molecule has 27 heavy (non-hydrogen) atoms. The number of nitrogens with zero attached hydrogens (tertiary/aromatic N) is 4. The molecule has 0 N–H and O–H groups in total. The van der Waals surface area contributed by atoms with Gasteiger partial charge >= 0.3 is 6.61 Å². The Bertz CT molecular complexity index is 719. The predicted octanol–water partition coefficient (Wildman–Crippen LogP) is 2.53. The normalized spacial score (nSPS) is 15.2. The predicted molar refractivity (Wildman–Crippen MR) is 100 cm³/mol. The summed E-state index contributed by atoms with van der Waals surface area (Å²) in [5, 5.41) is 2.99. The van der Waals surface area contributed by atoms with Gasteiger partial charge < -0.3 is 14.5 Å². The minimum atomic E-state index is -2.84. The van der Waals surface area contributed by atoms with Crippen LogP contribution in [0.15, 0.2) is 35.8 Å². The third-order valence-corrected chi connectivity index (χ3v) is 5.25. The Morgan fingerprint density at radius 1 is 1.26 bits per heavy atom. The second-order valence-electron chi connectivity index (χ2n) is 6.35. The fraction of sp³-hybridized carbons (Fsp3) is 0.444. The summed E-state index contributed by atoms with van der Waals surface area (Å²) >= 11 is 1.63. The number of ether oxygens (including phenoxy) is 1. The molecule has 0 aliphatic carbocycles. The van der Waals surface area contributed by atoms with Crippen molar-refractivity contribution in [3.63, 3.8) is 0 Å². The van der Waals surface area contributed by atoms with E-state index in [1.807, 2.05) is 5.38 Å². The number of aromatic nitrogens is 1. The van der Waals surface area contributed by atoms with Crippen LogP contribution in [0, 0.1) is 0 Å². The van der Waals surface area contributed by atoms with Crippen LogP contribution in [0.25, 0.3) is 0 Å². The lowest BCUT2D eigenvalue weighted by molar-refractivity contribution is -0.131. The quantitative estimate of drug-likeness (QED) is 0.720. The van der Waals surface area contributed by atoms with E-state index in [4.69, 9.17) is 0 Å². The van der Waals surface area contributed by atoms with E-state index < -0.39 is 6.61 Å². The molecule has 0 radical (unpaired) electrons. The van der Waals surface area contributed by atoms with Crippen LogP contribution in [0.1, 0.15) is 5.56 Å². The molecule has 0 saturated carbocycles. The topological polar surface area (TPSA) is 48.9 Å². The van der Waals surface area contributed by atoms with Crippen LogP contribution in [0.3, 0.4) is 0 Å². The van der Waals surface area contributed by atoms with Crippen LogP contribution >= 0.6 is 11.3 Å². The molecule has 1 fully saturated rings. The van der Waals surface area contributed by atoms with Crippen LogP contribution in [0.4, 0.5) is 13.9 Å².